The van der Waals surface area contributed by atoms with E-state index in [9.17, 15) is 4.79 Å². The largest absolute Gasteiger partial charge is 0.489 e. The monoisotopic (exact) mass is 525 g/mol. The van der Waals surface area contributed by atoms with Gasteiger partial charge in [-0.25, -0.2) is 4.68 Å². The summed E-state index contributed by atoms with van der Waals surface area (Å²) in [6.45, 7) is 6.48. The second kappa shape index (κ2) is 10.7. The van der Waals surface area contributed by atoms with E-state index in [4.69, 9.17) is 22.1 Å². The molecule has 1 aliphatic rings. The quantitative estimate of drug-likeness (QED) is 0.191. The number of para-hydroxylation sites is 1. The van der Waals surface area contributed by atoms with Crippen LogP contribution in [0.25, 0.3) is 23.0 Å². The van der Waals surface area contributed by atoms with Crippen LogP contribution in [-0.4, -0.2) is 30.9 Å². The molecule has 0 aliphatic carbocycles. The molecular formula is C30H27N3O2S2. The Labute approximate surface area is 226 Å². The van der Waals surface area contributed by atoms with Gasteiger partial charge >= 0.3 is 0 Å². The van der Waals surface area contributed by atoms with E-state index in [1.165, 1.54) is 17.3 Å². The molecule has 1 amide bonds. The fourth-order valence-electron chi connectivity index (χ4n) is 4.08. The minimum absolute atomic E-state index is 0.00673. The van der Waals surface area contributed by atoms with Gasteiger partial charge in [0.15, 0.2) is 0 Å². The SMILES string of the molecule is Cc1ccc(COc2cccc(-c3nn(-c4ccccc4)cc3/C=C3\SC(=S)N(C(C)C)C3=O)c2)cc1. The number of nitrogens with zero attached hydrogens (tertiary/aromatic N) is 3. The number of thioether (sulfide) groups is 1. The van der Waals surface area contributed by atoms with E-state index >= 15 is 0 Å². The smallest absolute Gasteiger partial charge is 0.266 e. The van der Waals surface area contributed by atoms with Crippen LogP contribution in [-0.2, 0) is 11.4 Å². The van der Waals surface area contributed by atoms with Crippen LogP contribution in [0.3, 0.4) is 0 Å². The number of hydrogen-bond acceptors (Lipinski definition) is 5. The van der Waals surface area contributed by atoms with Crippen molar-refractivity contribution in [3.05, 3.63) is 107 Å². The lowest BCUT2D eigenvalue weighted by Gasteiger charge is -2.18. The molecule has 0 unspecified atom stereocenters. The summed E-state index contributed by atoms with van der Waals surface area (Å²) in [5.74, 6) is 0.683. The van der Waals surface area contributed by atoms with Gasteiger partial charge in [0, 0.05) is 23.4 Å². The summed E-state index contributed by atoms with van der Waals surface area (Å²) in [5, 5.41) is 4.91. The minimum Gasteiger partial charge on any atom is -0.489 e. The number of amides is 1. The molecule has 0 N–H and O–H groups in total. The first-order chi connectivity index (χ1) is 17.9. The molecule has 5 nitrogen and oxygen atoms in total. The van der Waals surface area contributed by atoms with Crippen molar-refractivity contribution < 1.29 is 9.53 Å². The predicted molar refractivity (Wildman–Crippen MR) is 155 cm³/mol. The van der Waals surface area contributed by atoms with E-state index in [2.05, 4.69) is 31.2 Å². The first-order valence-corrected chi connectivity index (χ1v) is 13.3. The lowest BCUT2D eigenvalue weighted by atomic mass is 10.1. The van der Waals surface area contributed by atoms with Crippen LogP contribution in [0.1, 0.15) is 30.5 Å². The molecule has 0 saturated carbocycles. The number of benzene rings is 3. The van der Waals surface area contributed by atoms with Gasteiger partial charge in [-0.3, -0.25) is 9.69 Å². The number of ether oxygens (including phenoxy) is 1. The zero-order valence-corrected chi connectivity index (χ0v) is 22.6. The highest BCUT2D eigenvalue weighted by atomic mass is 32.2. The number of thiocarbonyl (C=S) groups is 1. The van der Waals surface area contributed by atoms with Crippen LogP contribution in [0, 0.1) is 6.92 Å². The fourth-order valence-corrected chi connectivity index (χ4v) is 5.60. The van der Waals surface area contributed by atoms with Gasteiger partial charge in [0.05, 0.1) is 10.6 Å². The second-order valence-corrected chi connectivity index (χ2v) is 10.8. The molecule has 3 aromatic carbocycles. The topological polar surface area (TPSA) is 47.4 Å². The molecule has 1 saturated heterocycles. The summed E-state index contributed by atoms with van der Waals surface area (Å²) in [7, 11) is 0. The molecule has 7 heteroatoms. The van der Waals surface area contributed by atoms with E-state index in [0.29, 0.717) is 15.8 Å². The first-order valence-electron chi connectivity index (χ1n) is 12.1. The summed E-state index contributed by atoms with van der Waals surface area (Å²) >= 11 is 6.81. The molecule has 5 rings (SSSR count). The van der Waals surface area contributed by atoms with Crippen molar-refractivity contribution in [2.75, 3.05) is 0 Å². The van der Waals surface area contributed by atoms with Crippen LogP contribution < -0.4 is 4.74 Å². The Bertz CT molecular complexity index is 1470. The van der Waals surface area contributed by atoms with Gasteiger partial charge in [-0.2, -0.15) is 5.10 Å². The summed E-state index contributed by atoms with van der Waals surface area (Å²) in [4.78, 5) is 15.3. The zero-order valence-electron chi connectivity index (χ0n) is 20.9. The average Bonchev–Trinajstić information content (AvgIpc) is 3.44. The van der Waals surface area contributed by atoms with E-state index in [1.807, 2.05) is 85.4 Å². The van der Waals surface area contributed by atoms with E-state index < -0.39 is 0 Å². The maximum Gasteiger partial charge on any atom is 0.266 e. The third-order valence-corrected chi connectivity index (χ3v) is 7.35. The molecule has 0 atom stereocenters. The van der Waals surface area contributed by atoms with Gasteiger partial charge in [-0.05, 0) is 56.7 Å². The van der Waals surface area contributed by atoms with Crippen LogP contribution >= 0.6 is 24.0 Å². The highest BCUT2D eigenvalue weighted by Gasteiger charge is 2.34. The lowest BCUT2D eigenvalue weighted by Crippen LogP contribution is -2.34. The van der Waals surface area contributed by atoms with Gasteiger partial charge < -0.3 is 4.74 Å². The van der Waals surface area contributed by atoms with Crippen molar-refractivity contribution in [2.45, 2.75) is 33.4 Å². The maximum atomic E-state index is 13.1. The van der Waals surface area contributed by atoms with E-state index in [-0.39, 0.29) is 11.9 Å². The van der Waals surface area contributed by atoms with Crippen LogP contribution in [0.4, 0.5) is 0 Å². The van der Waals surface area contributed by atoms with Crippen molar-refractivity contribution >= 4 is 40.3 Å². The van der Waals surface area contributed by atoms with Gasteiger partial charge in [0.1, 0.15) is 22.4 Å². The maximum absolute atomic E-state index is 13.1. The summed E-state index contributed by atoms with van der Waals surface area (Å²) < 4.78 is 8.51. The summed E-state index contributed by atoms with van der Waals surface area (Å²) in [6.07, 6.45) is 3.84. The highest BCUT2D eigenvalue weighted by Crippen LogP contribution is 2.36. The molecule has 0 spiro atoms. The minimum atomic E-state index is -0.0707. The van der Waals surface area contributed by atoms with Crippen molar-refractivity contribution in [2.24, 2.45) is 0 Å². The van der Waals surface area contributed by atoms with E-state index in [0.717, 1.165) is 33.8 Å². The van der Waals surface area contributed by atoms with E-state index in [1.54, 1.807) is 4.90 Å². The Kier molecular flexibility index (Phi) is 7.26. The Morgan fingerprint density at radius 3 is 2.49 bits per heavy atom. The first kappa shape index (κ1) is 25.0. The molecular weight excluding hydrogens is 498 g/mol. The number of carbonyl (C=O) groups excluding carboxylic acids is 1. The highest BCUT2D eigenvalue weighted by molar-refractivity contribution is 8.26. The third kappa shape index (κ3) is 5.53. The molecule has 4 aromatic rings. The molecule has 0 radical (unpaired) electrons. The van der Waals surface area contributed by atoms with Gasteiger partial charge in [-0.1, -0.05) is 84.1 Å². The summed E-state index contributed by atoms with van der Waals surface area (Å²) in [6, 6.07) is 26.1. The van der Waals surface area contributed by atoms with Crippen LogP contribution in [0.2, 0.25) is 0 Å². The van der Waals surface area contributed by atoms with Crippen molar-refractivity contribution in [1.82, 2.24) is 14.7 Å². The second-order valence-electron chi connectivity index (χ2n) is 9.16. The number of aryl methyl sites for hydroxylation is 1. The van der Waals surface area contributed by atoms with Crippen molar-refractivity contribution in [3.8, 4) is 22.7 Å². The Morgan fingerprint density at radius 1 is 1.03 bits per heavy atom. The number of carbonyl (C=O) groups is 1. The Balaban J connectivity index is 1.50. The van der Waals surface area contributed by atoms with Gasteiger partial charge in [0.25, 0.3) is 5.91 Å². The normalized spacial score (nSPS) is 14.7. The van der Waals surface area contributed by atoms with Crippen molar-refractivity contribution in [1.29, 1.82) is 0 Å². The predicted octanol–water partition coefficient (Wildman–Crippen LogP) is 7.04. The molecule has 1 aromatic heterocycles. The molecule has 0 bridgehead atoms. The Morgan fingerprint density at radius 2 is 1.78 bits per heavy atom. The lowest BCUT2D eigenvalue weighted by molar-refractivity contribution is -0.123. The summed E-state index contributed by atoms with van der Waals surface area (Å²) in [5.41, 5.74) is 5.77. The molecule has 37 heavy (non-hydrogen) atoms. The third-order valence-electron chi connectivity index (χ3n) is 6.02. The number of rotatable bonds is 7. The standard InChI is InChI=1S/C30H27N3O2S2/c1-20(2)33-29(34)27(37-30(33)36)17-24-18-32(25-9-5-4-6-10-25)31-28(24)23-8-7-11-26(16-23)35-19-22-14-12-21(3)13-15-22/h4-18,20H,19H2,1-3H3/b27-17-. The zero-order chi connectivity index (χ0) is 25.9. The fraction of sp³-hybridized carbons (Fsp3) is 0.167. The average molecular weight is 526 g/mol. The molecule has 1 aliphatic heterocycles. The molecule has 2 heterocycles. The van der Waals surface area contributed by atoms with Gasteiger partial charge in [0.2, 0.25) is 0 Å². The Hall–Kier alpha value is -3.68. The number of aromatic nitrogens is 2. The van der Waals surface area contributed by atoms with Crippen LogP contribution in [0.15, 0.2) is 90.0 Å². The molecule has 1 fully saturated rings. The number of hydrogen-bond donors (Lipinski definition) is 0. The van der Waals surface area contributed by atoms with Gasteiger partial charge in [-0.15, -0.1) is 0 Å². The van der Waals surface area contributed by atoms with Crippen LogP contribution in [0.5, 0.6) is 5.75 Å². The molecule has 186 valence electrons. The van der Waals surface area contributed by atoms with Crippen molar-refractivity contribution in [3.63, 3.8) is 0 Å².